The lowest BCUT2D eigenvalue weighted by atomic mass is 9.85. The molecule has 0 radical (unpaired) electrons. The molecule has 126 valence electrons. The molecular weight excluding hydrogens is 276 g/mol. The zero-order valence-corrected chi connectivity index (χ0v) is 14.4. The largest absolute Gasteiger partial charge is 0.375 e. The Morgan fingerprint density at radius 2 is 1.73 bits per heavy atom. The summed E-state index contributed by atoms with van der Waals surface area (Å²) in [6, 6.07) is 0. The number of likely N-dealkylation sites (N-methyl/N-ethyl adjacent to an activating group) is 1. The second-order valence-corrected chi connectivity index (χ2v) is 8.67. The minimum atomic E-state index is 0.235. The zero-order valence-electron chi connectivity index (χ0n) is 14.4. The van der Waals surface area contributed by atoms with Gasteiger partial charge in [0.05, 0.1) is 17.8 Å². The summed E-state index contributed by atoms with van der Waals surface area (Å²) in [5.74, 6) is 1.55. The number of hydrogen-bond acceptors (Lipinski definition) is 4. The fourth-order valence-corrected chi connectivity index (χ4v) is 5.25. The van der Waals surface area contributed by atoms with E-state index in [1.54, 1.807) is 0 Å². The molecule has 0 N–H and O–H groups in total. The molecule has 4 heterocycles. The molecule has 0 saturated carbocycles. The minimum Gasteiger partial charge on any atom is -0.375 e. The van der Waals surface area contributed by atoms with Crippen LogP contribution in [0, 0.1) is 11.8 Å². The SMILES string of the molecule is CC1COC2(CCN(CCC3COC4(C3)CN(C)C4)CC2)C1. The van der Waals surface area contributed by atoms with Crippen molar-refractivity contribution < 1.29 is 9.47 Å². The van der Waals surface area contributed by atoms with Gasteiger partial charge in [-0.25, -0.2) is 0 Å². The molecule has 4 aliphatic heterocycles. The quantitative estimate of drug-likeness (QED) is 0.796. The van der Waals surface area contributed by atoms with Gasteiger partial charge in [-0.3, -0.25) is 0 Å². The molecule has 22 heavy (non-hydrogen) atoms. The molecule has 4 nitrogen and oxygen atoms in total. The van der Waals surface area contributed by atoms with Crippen LogP contribution in [0.1, 0.15) is 39.0 Å². The Labute approximate surface area is 135 Å². The second-order valence-electron chi connectivity index (χ2n) is 8.67. The first-order chi connectivity index (χ1) is 10.6. The Balaban J connectivity index is 1.18. The molecule has 0 bridgehead atoms. The highest BCUT2D eigenvalue weighted by atomic mass is 16.5. The fourth-order valence-electron chi connectivity index (χ4n) is 5.25. The van der Waals surface area contributed by atoms with Crippen LogP contribution in [0.5, 0.6) is 0 Å². The van der Waals surface area contributed by atoms with E-state index in [1.807, 2.05) is 0 Å². The summed E-state index contributed by atoms with van der Waals surface area (Å²) in [6.07, 6.45) is 6.37. The highest BCUT2D eigenvalue weighted by molar-refractivity contribution is 5.01. The molecule has 4 aliphatic rings. The number of likely N-dealkylation sites (tertiary alicyclic amines) is 2. The lowest BCUT2D eigenvalue weighted by molar-refractivity contribution is -0.100. The first-order valence-corrected chi connectivity index (χ1v) is 9.25. The maximum absolute atomic E-state index is 6.13. The van der Waals surface area contributed by atoms with Gasteiger partial charge in [0.15, 0.2) is 0 Å². The van der Waals surface area contributed by atoms with Gasteiger partial charge in [-0.2, -0.15) is 0 Å². The van der Waals surface area contributed by atoms with E-state index in [4.69, 9.17) is 9.47 Å². The van der Waals surface area contributed by atoms with Crippen LogP contribution >= 0.6 is 0 Å². The summed E-state index contributed by atoms with van der Waals surface area (Å²) in [5.41, 5.74) is 0.478. The number of piperidine rings is 1. The van der Waals surface area contributed by atoms with Gasteiger partial charge in [-0.15, -0.1) is 0 Å². The Hall–Kier alpha value is -0.160. The van der Waals surface area contributed by atoms with E-state index >= 15 is 0 Å². The van der Waals surface area contributed by atoms with Crippen LogP contribution in [0.15, 0.2) is 0 Å². The van der Waals surface area contributed by atoms with Crippen molar-refractivity contribution in [3.05, 3.63) is 0 Å². The monoisotopic (exact) mass is 308 g/mol. The maximum Gasteiger partial charge on any atom is 0.0938 e. The number of nitrogens with zero attached hydrogens (tertiary/aromatic N) is 2. The molecular formula is C18H32N2O2. The molecule has 0 aromatic rings. The second kappa shape index (κ2) is 5.73. The number of rotatable bonds is 3. The molecule has 2 spiro atoms. The van der Waals surface area contributed by atoms with Crippen LogP contribution in [-0.4, -0.2) is 74.0 Å². The third-order valence-corrected chi connectivity index (χ3v) is 6.42. The fraction of sp³-hybridized carbons (Fsp3) is 1.00. The Morgan fingerprint density at radius 1 is 1.00 bits per heavy atom. The van der Waals surface area contributed by atoms with Crippen LogP contribution < -0.4 is 0 Å². The topological polar surface area (TPSA) is 24.9 Å². The van der Waals surface area contributed by atoms with Gasteiger partial charge in [-0.1, -0.05) is 6.92 Å². The first kappa shape index (κ1) is 15.4. The van der Waals surface area contributed by atoms with Crippen LogP contribution in [0.4, 0.5) is 0 Å². The lowest BCUT2D eigenvalue weighted by Crippen LogP contribution is -2.59. The molecule has 4 fully saturated rings. The zero-order chi connectivity index (χ0) is 15.2. The van der Waals surface area contributed by atoms with Crippen molar-refractivity contribution in [3.8, 4) is 0 Å². The van der Waals surface area contributed by atoms with Gasteiger partial charge in [0.2, 0.25) is 0 Å². The molecule has 4 rings (SSSR count). The Kier molecular flexibility index (Phi) is 4.00. The van der Waals surface area contributed by atoms with Gasteiger partial charge in [-0.05, 0) is 57.5 Å². The third-order valence-electron chi connectivity index (χ3n) is 6.42. The van der Waals surface area contributed by atoms with E-state index in [9.17, 15) is 0 Å². The van der Waals surface area contributed by atoms with Gasteiger partial charge in [0, 0.05) is 32.8 Å². The van der Waals surface area contributed by atoms with Crippen molar-refractivity contribution in [2.75, 3.05) is 53.0 Å². The molecule has 4 saturated heterocycles. The molecule has 2 unspecified atom stereocenters. The Morgan fingerprint density at radius 3 is 2.36 bits per heavy atom. The molecule has 0 aliphatic carbocycles. The first-order valence-electron chi connectivity index (χ1n) is 9.25. The van der Waals surface area contributed by atoms with E-state index in [0.717, 1.165) is 38.1 Å². The van der Waals surface area contributed by atoms with Crippen LogP contribution in [-0.2, 0) is 9.47 Å². The van der Waals surface area contributed by atoms with Gasteiger partial charge >= 0.3 is 0 Å². The van der Waals surface area contributed by atoms with E-state index in [1.165, 1.54) is 51.7 Å². The summed E-state index contributed by atoms with van der Waals surface area (Å²) in [6.45, 7) is 10.3. The van der Waals surface area contributed by atoms with Gasteiger partial charge in [0.25, 0.3) is 0 Å². The van der Waals surface area contributed by atoms with E-state index in [2.05, 4.69) is 23.8 Å². The number of ether oxygens (including phenoxy) is 2. The van der Waals surface area contributed by atoms with Crippen molar-refractivity contribution in [1.29, 1.82) is 0 Å². The van der Waals surface area contributed by atoms with Crippen LogP contribution in [0.3, 0.4) is 0 Å². The average Bonchev–Trinajstić information content (AvgIpc) is 3.04. The summed E-state index contributed by atoms with van der Waals surface area (Å²) < 4.78 is 12.2. The van der Waals surface area contributed by atoms with Crippen molar-refractivity contribution in [3.63, 3.8) is 0 Å². The third kappa shape index (κ3) is 2.95. The maximum atomic E-state index is 6.13. The van der Waals surface area contributed by atoms with Crippen molar-refractivity contribution in [1.82, 2.24) is 9.80 Å². The highest BCUT2D eigenvalue weighted by Crippen LogP contribution is 2.40. The highest BCUT2D eigenvalue weighted by Gasteiger charge is 2.48. The molecule has 0 aromatic heterocycles. The van der Waals surface area contributed by atoms with Crippen molar-refractivity contribution in [2.24, 2.45) is 11.8 Å². The molecule has 0 amide bonds. The normalized spacial score (nSPS) is 37.9. The van der Waals surface area contributed by atoms with Crippen molar-refractivity contribution >= 4 is 0 Å². The van der Waals surface area contributed by atoms with Gasteiger partial charge < -0.3 is 19.3 Å². The summed E-state index contributed by atoms with van der Waals surface area (Å²) in [7, 11) is 2.19. The standard InChI is InChI=1S/C18H32N2O2/c1-15-9-17(21-11-15)4-7-20(8-5-17)6-3-16-10-18(22-12-16)13-19(2)14-18/h15-16H,3-14H2,1-2H3. The Bertz CT molecular complexity index is 400. The van der Waals surface area contributed by atoms with Gasteiger partial charge in [0.1, 0.15) is 0 Å². The number of hydrogen-bond donors (Lipinski definition) is 0. The summed E-state index contributed by atoms with van der Waals surface area (Å²) in [5, 5.41) is 0. The van der Waals surface area contributed by atoms with E-state index < -0.39 is 0 Å². The van der Waals surface area contributed by atoms with E-state index in [0.29, 0.717) is 0 Å². The molecule has 0 aromatic carbocycles. The summed E-state index contributed by atoms with van der Waals surface area (Å²) >= 11 is 0. The van der Waals surface area contributed by atoms with Crippen LogP contribution in [0.25, 0.3) is 0 Å². The smallest absolute Gasteiger partial charge is 0.0938 e. The molecule has 4 heteroatoms. The predicted octanol–water partition coefficient (Wildman–Crippen LogP) is 1.99. The summed E-state index contributed by atoms with van der Waals surface area (Å²) in [4.78, 5) is 5.03. The average molecular weight is 308 g/mol. The minimum absolute atomic E-state index is 0.235. The van der Waals surface area contributed by atoms with E-state index in [-0.39, 0.29) is 11.2 Å². The lowest BCUT2D eigenvalue weighted by Gasteiger charge is -2.45. The van der Waals surface area contributed by atoms with Crippen LogP contribution in [0.2, 0.25) is 0 Å². The predicted molar refractivity (Wildman–Crippen MR) is 87.0 cm³/mol. The molecule has 2 atom stereocenters. The van der Waals surface area contributed by atoms with Crippen molar-refractivity contribution in [2.45, 2.75) is 50.2 Å².